The zero-order valence-electron chi connectivity index (χ0n) is 10.6. The molecule has 0 aliphatic carbocycles. The largest absolute Gasteiger partial charge is 0.345 e. The summed E-state index contributed by atoms with van der Waals surface area (Å²) in [5.41, 5.74) is -1.70. The van der Waals surface area contributed by atoms with Crippen LogP contribution in [0.1, 0.15) is 22.1 Å². The van der Waals surface area contributed by atoms with Gasteiger partial charge in [-0.25, -0.2) is 4.39 Å². The number of hydrogen-bond donors (Lipinski definition) is 1. The molecule has 0 fully saturated rings. The van der Waals surface area contributed by atoms with Crippen molar-refractivity contribution in [1.29, 1.82) is 0 Å². The predicted octanol–water partition coefficient (Wildman–Crippen LogP) is 1.49. The molecule has 0 bridgehead atoms. The van der Waals surface area contributed by atoms with E-state index in [9.17, 15) is 23.7 Å². The molecule has 0 saturated heterocycles. The minimum absolute atomic E-state index is 0.156. The van der Waals surface area contributed by atoms with Crippen LogP contribution in [0.4, 0.5) is 14.5 Å². The first-order valence-corrected chi connectivity index (χ1v) is 5.59. The van der Waals surface area contributed by atoms with Crippen molar-refractivity contribution in [2.24, 2.45) is 0 Å². The molecule has 0 saturated carbocycles. The van der Waals surface area contributed by atoms with Crippen LogP contribution in [0, 0.1) is 28.7 Å². The van der Waals surface area contributed by atoms with E-state index < -0.39 is 33.7 Å². The van der Waals surface area contributed by atoms with Crippen LogP contribution >= 0.6 is 0 Å². The monoisotopic (exact) mass is 298 g/mol. The van der Waals surface area contributed by atoms with Gasteiger partial charge in [-0.3, -0.25) is 14.9 Å². The van der Waals surface area contributed by atoms with E-state index >= 15 is 0 Å². The second-order valence-electron chi connectivity index (χ2n) is 3.95. The number of aryl methyl sites for hydroxylation is 1. The smallest absolute Gasteiger partial charge is 0.307 e. The van der Waals surface area contributed by atoms with Crippen LogP contribution in [0.5, 0.6) is 0 Å². The first-order valence-electron chi connectivity index (χ1n) is 5.59. The van der Waals surface area contributed by atoms with Crippen molar-refractivity contribution in [2.45, 2.75) is 13.5 Å². The Morgan fingerprint density at radius 1 is 1.43 bits per heavy atom. The maximum Gasteiger partial charge on any atom is 0.307 e. The van der Waals surface area contributed by atoms with Gasteiger partial charge >= 0.3 is 5.69 Å². The lowest BCUT2D eigenvalue weighted by molar-refractivity contribution is -0.387. The molecule has 10 heteroatoms. The molecule has 2 rings (SSSR count). The van der Waals surface area contributed by atoms with Crippen molar-refractivity contribution < 1.29 is 23.0 Å². The minimum atomic E-state index is -1.30. The van der Waals surface area contributed by atoms with E-state index in [0.29, 0.717) is 12.1 Å². The average molecular weight is 298 g/mol. The van der Waals surface area contributed by atoms with Crippen LogP contribution in [0.15, 0.2) is 16.7 Å². The molecule has 0 atom stereocenters. The lowest BCUT2D eigenvalue weighted by Crippen LogP contribution is -2.24. The molecular formula is C11H8F2N4O4. The lowest BCUT2D eigenvalue weighted by atomic mass is 10.1. The molecule has 0 aliphatic heterocycles. The molecule has 0 spiro atoms. The predicted molar refractivity (Wildman–Crippen MR) is 63.2 cm³/mol. The molecule has 1 aromatic carbocycles. The van der Waals surface area contributed by atoms with E-state index in [0.717, 1.165) is 0 Å². The molecule has 110 valence electrons. The Morgan fingerprint density at radius 3 is 2.71 bits per heavy atom. The Balaban J connectivity index is 2.15. The third-order valence-electron chi connectivity index (χ3n) is 2.45. The first kappa shape index (κ1) is 14.5. The SMILES string of the molecule is Cc1nc(CNC(=O)c2cc(F)c([N+](=O)[O-])cc2F)no1. The van der Waals surface area contributed by atoms with Gasteiger partial charge in [-0.2, -0.15) is 9.37 Å². The normalized spacial score (nSPS) is 10.4. The van der Waals surface area contributed by atoms with Gasteiger partial charge in [0.25, 0.3) is 5.91 Å². The highest BCUT2D eigenvalue weighted by Crippen LogP contribution is 2.21. The summed E-state index contributed by atoms with van der Waals surface area (Å²) in [7, 11) is 0. The van der Waals surface area contributed by atoms with Gasteiger partial charge in [0.1, 0.15) is 5.82 Å². The van der Waals surface area contributed by atoms with Crippen molar-refractivity contribution in [1.82, 2.24) is 15.5 Å². The van der Waals surface area contributed by atoms with Gasteiger partial charge in [0.05, 0.1) is 23.1 Å². The van der Waals surface area contributed by atoms with Gasteiger partial charge in [0.2, 0.25) is 11.7 Å². The second kappa shape index (κ2) is 5.61. The first-order chi connectivity index (χ1) is 9.88. The molecule has 21 heavy (non-hydrogen) atoms. The Bertz CT molecular complexity index is 716. The van der Waals surface area contributed by atoms with Gasteiger partial charge in [0, 0.05) is 6.92 Å². The van der Waals surface area contributed by atoms with Crippen molar-refractivity contribution in [3.05, 3.63) is 51.2 Å². The summed E-state index contributed by atoms with van der Waals surface area (Å²) in [6.07, 6.45) is 0. The molecule has 0 radical (unpaired) electrons. The number of nitro benzene ring substituents is 1. The third kappa shape index (κ3) is 3.16. The number of nitro groups is 1. The number of carbonyl (C=O) groups excluding carboxylic acids is 1. The highest BCUT2D eigenvalue weighted by molar-refractivity contribution is 5.94. The van der Waals surface area contributed by atoms with Crippen molar-refractivity contribution in [3.8, 4) is 0 Å². The summed E-state index contributed by atoms with van der Waals surface area (Å²) in [5, 5.41) is 16.2. The zero-order chi connectivity index (χ0) is 15.6. The Kier molecular flexibility index (Phi) is 3.87. The molecule has 1 amide bonds. The minimum Gasteiger partial charge on any atom is -0.345 e. The van der Waals surface area contributed by atoms with Crippen molar-refractivity contribution >= 4 is 11.6 Å². The summed E-state index contributed by atoms with van der Waals surface area (Å²) in [5.74, 6) is -3.02. The Morgan fingerprint density at radius 2 is 2.14 bits per heavy atom. The summed E-state index contributed by atoms with van der Waals surface area (Å²) < 4.78 is 31.6. The molecule has 8 nitrogen and oxygen atoms in total. The number of carbonyl (C=O) groups is 1. The number of nitrogens with zero attached hydrogens (tertiary/aromatic N) is 3. The fourth-order valence-corrected chi connectivity index (χ4v) is 1.52. The highest BCUT2D eigenvalue weighted by atomic mass is 19.1. The molecule has 0 unspecified atom stereocenters. The Labute approximate surface area is 115 Å². The lowest BCUT2D eigenvalue weighted by Gasteiger charge is -2.04. The van der Waals surface area contributed by atoms with Crippen molar-refractivity contribution in [2.75, 3.05) is 0 Å². The number of aromatic nitrogens is 2. The molecule has 1 heterocycles. The number of halogens is 2. The van der Waals surface area contributed by atoms with E-state index in [1.54, 1.807) is 6.92 Å². The third-order valence-corrected chi connectivity index (χ3v) is 2.45. The van der Waals surface area contributed by atoms with Crippen LogP contribution in [0.2, 0.25) is 0 Å². The van der Waals surface area contributed by atoms with Gasteiger partial charge in [0.15, 0.2) is 5.82 Å². The van der Waals surface area contributed by atoms with Crippen LogP contribution in [0.25, 0.3) is 0 Å². The van der Waals surface area contributed by atoms with Crippen LogP contribution in [-0.4, -0.2) is 21.0 Å². The van der Waals surface area contributed by atoms with Gasteiger partial charge in [-0.05, 0) is 6.07 Å². The maximum atomic E-state index is 13.6. The number of nitrogens with one attached hydrogen (secondary N) is 1. The van der Waals surface area contributed by atoms with Gasteiger partial charge < -0.3 is 9.84 Å². The second-order valence-corrected chi connectivity index (χ2v) is 3.95. The standard InChI is InChI=1S/C11H8F2N4O4/c1-5-15-10(16-21-5)4-14-11(18)6-2-8(13)9(17(19)20)3-7(6)12/h2-3H,4H2,1H3,(H,14,18). The number of hydrogen-bond acceptors (Lipinski definition) is 6. The van der Waals surface area contributed by atoms with Gasteiger partial charge in [-0.15, -0.1) is 0 Å². The van der Waals surface area contributed by atoms with Crippen molar-refractivity contribution in [3.63, 3.8) is 0 Å². The molecular weight excluding hydrogens is 290 g/mol. The number of rotatable bonds is 4. The summed E-state index contributed by atoms with van der Waals surface area (Å²) >= 11 is 0. The molecule has 1 N–H and O–H groups in total. The summed E-state index contributed by atoms with van der Waals surface area (Å²) in [6.45, 7) is 1.39. The molecule has 2 aromatic rings. The fraction of sp³-hybridized carbons (Fsp3) is 0.182. The highest BCUT2D eigenvalue weighted by Gasteiger charge is 2.22. The van der Waals surface area contributed by atoms with Crippen LogP contribution < -0.4 is 5.32 Å². The quantitative estimate of drug-likeness (QED) is 0.676. The van der Waals surface area contributed by atoms with Crippen LogP contribution in [0.3, 0.4) is 0 Å². The van der Waals surface area contributed by atoms with E-state index in [1.807, 2.05) is 0 Å². The zero-order valence-corrected chi connectivity index (χ0v) is 10.6. The maximum absolute atomic E-state index is 13.6. The summed E-state index contributed by atoms with van der Waals surface area (Å²) in [6, 6.07) is 0.813. The average Bonchev–Trinajstić information content (AvgIpc) is 2.83. The number of amides is 1. The topological polar surface area (TPSA) is 111 Å². The fourth-order valence-electron chi connectivity index (χ4n) is 1.52. The van der Waals surface area contributed by atoms with E-state index in [1.165, 1.54) is 0 Å². The Hall–Kier alpha value is -2.91. The summed E-state index contributed by atoms with van der Waals surface area (Å²) in [4.78, 5) is 24.9. The van der Waals surface area contributed by atoms with E-state index in [4.69, 9.17) is 0 Å². The van der Waals surface area contributed by atoms with E-state index in [-0.39, 0.29) is 18.3 Å². The van der Waals surface area contributed by atoms with E-state index in [2.05, 4.69) is 20.0 Å². The number of benzene rings is 1. The van der Waals surface area contributed by atoms with Gasteiger partial charge in [-0.1, -0.05) is 5.16 Å². The molecule has 0 aliphatic rings. The van der Waals surface area contributed by atoms with Crippen LogP contribution in [-0.2, 0) is 6.54 Å². The molecule has 1 aromatic heterocycles.